The number of benzene rings is 2. The Morgan fingerprint density at radius 3 is 1.73 bits per heavy atom. The van der Waals surface area contributed by atoms with E-state index >= 15 is 0 Å². The van der Waals surface area contributed by atoms with E-state index in [4.69, 9.17) is 42.6 Å². The van der Waals surface area contributed by atoms with Gasteiger partial charge < -0.3 is 78.4 Å². The summed E-state index contributed by atoms with van der Waals surface area (Å²) in [7, 11) is 0. The number of aliphatic hydroxyl groups is 7. The van der Waals surface area contributed by atoms with E-state index in [9.17, 15) is 54.9 Å². The molecule has 0 aliphatic carbocycles. The summed E-state index contributed by atoms with van der Waals surface area (Å²) in [6, 6.07) is 15.0. The van der Waals surface area contributed by atoms with E-state index in [0.29, 0.717) is 0 Å². The van der Waals surface area contributed by atoms with Gasteiger partial charge in [0.1, 0.15) is 68.1 Å². The molecular weight excluding hydrogens is 752 g/mol. The molecule has 0 bridgehead atoms. The molecule has 20 nitrogen and oxygen atoms in total. The zero-order valence-electron chi connectivity index (χ0n) is 30.0. The summed E-state index contributed by atoms with van der Waals surface area (Å²) in [5.74, 6) is -6.33. The number of ether oxygens (including phenoxy) is 9. The van der Waals surface area contributed by atoms with Gasteiger partial charge in [-0.2, -0.15) is 0 Å². The van der Waals surface area contributed by atoms with E-state index in [1.807, 2.05) is 0 Å². The molecule has 3 aliphatic rings. The fourth-order valence-electron chi connectivity index (χ4n) is 6.27. The maximum atomic E-state index is 13.3. The maximum absolute atomic E-state index is 13.3. The molecule has 3 heterocycles. The van der Waals surface area contributed by atoms with Crippen LogP contribution in [0.1, 0.15) is 34.6 Å². The lowest BCUT2D eigenvalue weighted by Gasteiger charge is -2.48. The van der Waals surface area contributed by atoms with Crippen molar-refractivity contribution >= 4 is 23.9 Å². The molecule has 5 rings (SSSR count). The van der Waals surface area contributed by atoms with E-state index in [0.717, 1.165) is 13.8 Å². The summed E-state index contributed by atoms with van der Waals surface area (Å²) in [6.45, 7) is -1.35. The lowest BCUT2D eigenvalue weighted by atomic mass is 9.96. The molecule has 20 heteroatoms. The van der Waals surface area contributed by atoms with Crippen LogP contribution in [0.2, 0.25) is 0 Å². The third kappa shape index (κ3) is 9.68. The van der Waals surface area contributed by atoms with Crippen molar-refractivity contribution < 1.29 is 97.6 Å². The van der Waals surface area contributed by atoms with Crippen LogP contribution in [0.15, 0.2) is 60.7 Å². The first kappa shape index (κ1) is 43.0. The Labute approximate surface area is 318 Å². The molecule has 0 radical (unpaired) electrons. The Morgan fingerprint density at radius 1 is 0.625 bits per heavy atom. The molecule has 2 aromatic carbocycles. The average molecular weight is 797 g/mol. The van der Waals surface area contributed by atoms with Crippen molar-refractivity contribution in [1.82, 2.24) is 0 Å². The summed E-state index contributed by atoms with van der Waals surface area (Å²) in [4.78, 5) is 50.7. The molecule has 3 fully saturated rings. The summed E-state index contributed by atoms with van der Waals surface area (Å²) < 4.78 is 51.3. The predicted octanol–water partition coefficient (Wildman–Crippen LogP) is -2.70. The molecule has 0 spiro atoms. The van der Waals surface area contributed by atoms with Crippen LogP contribution in [-0.4, -0.2) is 172 Å². The Bertz CT molecular complexity index is 1630. The molecular formula is C36H44O20. The summed E-state index contributed by atoms with van der Waals surface area (Å²) in [5, 5.41) is 74.9. The number of carbonyl (C=O) groups is 4. The Balaban J connectivity index is 1.57. The second-order valence-electron chi connectivity index (χ2n) is 13.1. The van der Waals surface area contributed by atoms with Crippen molar-refractivity contribution in [2.24, 2.45) is 0 Å². The van der Waals surface area contributed by atoms with Gasteiger partial charge in [-0.15, -0.1) is 0 Å². The highest BCUT2D eigenvalue weighted by molar-refractivity contribution is 5.90. The minimum Gasteiger partial charge on any atom is -0.463 e. The van der Waals surface area contributed by atoms with E-state index in [2.05, 4.69) is 0 Å². The molecule has 0 saturated carbocycles. The van der Waals surface area contributed by atoms with Gasteiger partial charge in [0.25, 0.3) is 0 Å². The van der Waals surface area contributed by atoms with Crippen molar-refractivity contribution in [2.45, 2.75) is 99.4 Å². The normalized spacial score (nSPS) is 35.6. The second-order valence-corrected chi connectivity index (χ2v) is 13.1. The molecule has 56 heavy (non-hydrogen) atoms. The lowest BCUT2D eigenvalue weighted by molar-refractivity contribution is -0.407. The quantitative estimate of drug-likeness (QED) is 0.0756. The van der Waals surface area contributed by atoms with Crippen molar-refractivity contribution in [3.8, 4) is 0 Å². The summed E-state index contributed by atoms with van der Waals surface area (Å²) >= 11 is 0. The van der Waals surface area contributed by atoms with E-state index in [1.165, 1.54) is 48.5 Å². The van der Waals surface area contributed by atoms with Gasteiger partial charge in [-0.05, 0) is 24.3 Å². The first-order valence-corrected chi connectivity index (χ1v) is 17.4. The Kier molecular flexibility index (Phi) is 14.5. The van der Waals surface area contributed by atoms with Crippen LogP contribution in [-0.2, 0) is 52.2 Å². The highest BCUT2D eigenvalue weighted by Crippen LogP contribution is 2.40. The molecule has 3 aliphatic heterocycles. The first-order chi connectivity index (χ1) is 26.7. The Morgan fingerprint density at radius 2 is 1.18 bits per heavy atom. The van der Waals surface area contributed by atoms with Gasteiger partial charge in [0.05, 0.1) is 24.3 Å². The Hall–Kier alpha value is -4.16. The van der Waals surface area contributed by atoms with Gasteiger partial charge in [0, 0.05) is 13.8 Å². The molecule has 3 saturated heterocycles. The van der Waals surface area contributed by atoms with Crippen LogP contribution < -0.4 is 0 Å². The minimum absolute atomic E-state index is 0.00576. The molecule has 0 unspecified atom stereocenters. The monoisotopic (exact) mass is 796 g/mol. The minimum atomic E-state index is -2.59. The molecule has 0 aromatic heterocycles. The maximum Gasteiger partial charge on any atom is 0.338 e. The average Bonchev–Trinajstić information content (AvgIpc) is 3.45. The fourth-order valence-corrected chi connectivity index (χ4v) is 6.27. The van der Waals surface area contributed by atoms with Crippen LogP contribution in [0, 0.1) is 0 Å². The van der Waals surface area contributed by atoms with Crippen LogP contribution in [0.25, 0.3) is 0 Å². The van der Waals surface area contributed by atoms with Gasteiger partial charge >= 0.3 is 23.9 Å². The zero-order chi connectivity index (χ0) is 40.7. The topological polar surface area (TPSA) is 293 Å². The van der Waals surface area contributed by atoms with E-state index in [1.54, 1.807) is 12.1 Å². The highest BCUT2D eigenvalue weighted by atomic mass is 16.8. The SMILES string of the molecule is CC(=O)OC[C@H]1O[C@H](O[C@@]2(COC(C)=O)O[C@@H](CO)[C@@H](O)[C@@H]2OC(=O)c2ccccc2)[C@H](O[C@@H]2O[C@@H](CO)[C@@H](O)[C@H](O)[C@H]2O)[C@@H](O)[C@@H]1OC(=O)c1ccccc1. The first-order valence-electron chi connectivity index (χ1n) is 17.4. The molecule has 7 N–H and O–H groups in total. The number of rotatable bonds is 14. The summed E-state index contributed by atoms with van der Waals surface area (Å²) in [5.41, 5.74) is 0.0359. The number of esters is 4. The van der Waals surface area contributed by atoms with Crippen LogP contribution >= 0.6 is 0 Å². The van der Waals surface area contributed by atoms with Crippen molar-refractivity contribution in [3.05, 3.63) is 71.8 Å². The molecule has 0 amide bonds. The standard InChI is InChI=1S/C36H44O20/c1-17(39)48-15-23-29(52-32(46)19-9-5-3-6-10-19)28(45)30(53-34-27(44)26(43)24(41)21(13-37)50-34)35(51-23)56-36(16-49-18(2)40)31(25(42)22(14-38)55-36)54-33(47)20-11-7-4-8-12-20/h3-12,21-31,34-35,37-38,41-45H,13-16H2,1-2H3/t21-,22-,23+,24+,25+,26-,27+,28-,29+,30+,31-,34-,35+,36+/m0/s1. The van der Waals surface area contributed by atoms with Gasteiger partial charge in [-0.3, -0.25) is 9.59 Å². The molecule has 14 atom stereocenters. The highest BCUT2D eigenvalue weighted by Gasteiger charge is 2.63. The van der Waals surface area contributed by atoms with Crippen molar-refractivity contribution in [1.29, 1.82) is 0 Å². The van der Waals surface area contributed by atoms with Crippen molar-refractivity contribution in [2.75, 3.05) is 26.4 Å². The van der Waals surface area contributed by atoms with E-state index < -0.39 is 136 Å². The lowest BCUT2D eigenvalue weighted by Crippen LogP contribution is -2.67. The number of aliphatic hydroxyl groups excluding tert-OH is 7. The van der Waals surface area contributed by atoms with Crippen LogP contribution in [0.3, 0.4) is 0 Å². The summed E-state index contributed by atoms with van der Waals surface area (Å²) in [6.07, 6.45) is -24.3. The van der Waals surface area contributed by atoms with Gasteiger partial charge in [0.2, 0.25) is 5.79 Å². The fraction of sp³-hybridized carbons (Fsp3) is 0.556. The van der Waals surface area contributed by atoms with Gasteiger partial charge in [-0.1, -0.05) is 36.4 Å². The third-order valence-electron chi connectivity index (χ3n) is 9.15. The third-order valence-corrected chi connectivity index (χ3v) is 9.15. The molecule has 308 valence electrons. The predicted molar refractivity (Wildman–Crippen MR) is 180 cm³/mol. The number of hydrogen-bond acceptors (Lipinski definition) is 20. The van der Waals surface area contributed by atoms with Gasteiger partial charge in [0.15, 0.2) is 24.8 Å². The zero-order valence-corrected chi connectivity index (χ0v) is 30.0. The van der Waals surface area contributed by atoms with Crippen molar-refractivity contribution in [3.63, 3.8) is 0 Å². The smallest absolute Gasteiger partial charge is 0.338 e. The largest absolute Gasteiger partial charge is 0.463 e. The number of hydrogen-bond donors (Lipinski definition) is 7. The van der Waals surface area contributed by atoms with Crippen LogP contribution in [0.5, 0.6) is 0 Å². The van der Waals surface area contributed by atoms with Crippen LogP contribution in [0.4, 0.5) is 0 Å². The van der Waals surface area contributed by atoms with E-state index in [-0.39, 0.29) is 11.1 Å². The molecule has 2 aromatic rings. The van der Waals surface area contributed by atoms with Gasteiger partial charge in [-0.25, -0.2) is 9.59 Å². The number of carbonyl (C=O) groups excluding carboxylic acids is 4. The second kappa shape index (κ2) is 18.9.